The predicted molar refractivity (Wildman–Crippen MR) is 68.9 cm³/mol. The van der Waals surface area contributed by atoms with E-state index in [4.69, 9.17) is 27.9 Å². The number of nitrogens with one attached hydrogen (secondary N) is 1. The average molecular weight is 275 g/mol. The van der Waals surface area contributed by atoms with Crippen LogP contribution in [0.5, 0.6) is 0 Å². The van der Waals surface area contributed by atoms with Crippen molar-refractivity contribution < 1.29 is 9.53 Å². The van der Waals surface area contributed by atoms with Gasteiger partial charge in [0.1, 0.15) is 6.61 Å². The second-order valence-electron chi connectivity index (χ2n) is 3.72. The van der Waals surface area contributed by atoms with Crippen LogP contribution in [0.25, 0.3) is 0 Å². The fourth-order valence-corrected chi connectivity index (χ4v) is 2.03. The summed E-state index contributed by atoms with van der Waals surface area (Å²) in [5.74, 6) is -0.272. The number of carbonyl (C=O) groups excluding carboxylic acids is 1. The topological polar surface area (TPSA) is 41.6 Å². The van der Waals surface area contributed by atoms with Crippen LogP contribution in [0.4, 0.5) is 11.4 Å². The quantitative estimate of drug-likeness (QED) is 0.861. The molecule has 0 radical (unpaired) electrons. The average Bonchev–Trinajstić information content (AvgIpc) is 2.62. The number of fused-ring (bicyclic) bond motifs is 1. The van der Waals surface area contributed by atoms with E-state index in [1.165, 1.54) is 6.92 Å². The molecule has 0 bridgehead atoms. The molecule has 1 aliphatic heterocycles. The van der Waals surface area contributed by atoms with Crippen LogP contribution in [0.2, 0.25) is 10.0 Å². The lowest BCUT2D eigenvalue weighted by Gasteiger charge is -2.17. The van der Waals surface area contributed by atoms with Gasteiger partial charge in [-0.25, -0.2) is 0 Å². The van der Waals surface area contributed by atoms with E-state index in [1.807, 2.05) is 11.0 Å². The van der Waals surface area contributed by atoms with Crippen LogP contribution in [0.15, 0.2) is 12.1 Å². The van der Waals surface area contributed by atoms with Gasteiger partial charge in [-0.3, -0.25) is 4.79 Å². The van der Waals surface area contributed by atoms with Crippen LogP contribution in [-0.4, -0.2) is 25.8 Å². The second kappa shape index (κ2) is 5.02. The summed E-state index contributed by atoms with van der Waals surface area (Å²) < 4.78 is 4.91. The minimum atomic E-state index is -0.272. The third kappa shape index (κ3) is 2.76. The molecule has 2 rings (SSSR count). The van der Waals surface area contributed by atoms with Crippen molar-refractivity contribution in [3.8, 4) is 0 Å². The highest BCUT2D eigenvalue weighted by molar-refractivity contribution is 6.42. The molecule has 92 valence electrons. The Labute approximate surface area is 109 Å². The summed E-state index contributed by atoms with van der Waals surface area (Å²) in [6, 6.07) is 3.61. The number of hydrogen-bond donors (Lipinski definition) is 1. The van der Waals surface area contributed by atoms with Crippen LogP contribution in [0, 0.1) is 0 Å². The molecule has 0 fully saturated rings. The van der Waals surface area contributed by atoms with E-state index >= 15 is 0 Å². The molecule has 1 aromatic carbocycles. The molecule has 17 heavy (non-hydrogen) atoms. The van der Waals surface area contributed by atoms with E-state index in [0.717, 1.165) is 11.4 Å². The number of carbonyl (C=O) groups is 1. The van der Waals surface area contributed by atoms with Gasteiger partial charge in [0, 0.05) is 6.92 Å². The third-order valence-electron chi connectivity index (χ3n) is 2.51. The van der Waals surface area contributed by atoms with Crippen molar-refractivity contribution in [2.45, 2.75) is 6.92 Å². The van der Waals surface area contributed by atoms with Crippen LogP contribution in [0.1, 0.15) is 6.92 Å². The minimum absolute atomic E-state index is 0.272. The molecule has 1 heterocycles. The van der Waals surface area contributed by atoms with Crippen LogP contribution >= 0.6 is 23.2 Å². The largest absolute Gasteiger partial charge is 0.464 e. The number of esters is 1. The minimum Gasteiger partial charge on any atom is -0.464 e. The van der Waals surface area contributed by atoms with Crippen LogP contribution in [0.3, 0.4) is 0 Å². The summed E-state index contributed by atoms with van der Waals surface area (Å²) in [6.07, 6.45) is 0. The normalized spacial score (nSPS) is 13.2. The van der Waals surface area contributed by atoms with Gasteiger partial charge in [-0.15, -0.1) is 0 Å². The molecule has 0 saturated heterocycles. The monoisotopic (exact) mass is 274 g/mol. The van der Waals surface area contributed by atoms with E-state index in [2.05, 4.69) is 5.32 Å². The van der Waals surface area contributed by atoms with Crippen molar-refractivity contribution in [2.75, 3.05) is 30.0 Å². The fourth-order valence-electron chi connectivity index (χ4n) is 1.70. The smallest absolute Gasteiger partial charge is 0.302 e. The number of benzene rings is 1. The Bertz CT molecular complexity index is 451. The SMILES string of the molecule is CC(=O)OCCN1CNc2cc(Cl)c(Cl)cc21. The summed E-state index contributed by atoms with van der Waals surface area (Å²) in [5.41, 5.74) is 1.92. The van der Waals surface area contributed by atoms with Crippen molar-refractivity contribution in [1.82, 2.24) is 0 Å². The number of rotatable bonds is 3. The second-order valence-corrected chi connectivity index (χ2v) is 4.54. The summed E-state index contributed by atoms with van der Waals surface area (Å²) in [4.78, 5) is 12.7. The first kappa shape index (κ1) is 12.3. The molecule has 0 atom stereocenters. The maximum absolute atomic E-state index is 10.7. The molecule has 1 N–H and O–H groups in total. The zero-order valence-electron chi connectivity index (χ0n) is 9.30. The maximum atomic E-state index is 10.7. The molecule has 0 amide bonds. The van der Waals surface area contributed by atoms with E-state index in [1.54, 1.807) is 6.07 Å². The number of nitrogens with zero attached hydrogens (tertiary/aromatic N) is 1. The van der Waals surface area contributed by atoms with E-state index < -0.39 is 0 Å². The molecular weight excluding hydrogens is 263 g/mol. The summed E-state index contributed by atoms with van der Waals surface area (Å²) in [7, 11) is 0. The molecular formula is C11H12Cl2N2O2. The van der Waals surface area contributed by atoms with E-state index in [0.29, 0.717) is 29.9 Å². The molecule has 0 aliphatic carbocycles. The van der Waals surface area contributed by atoms with Gasteiger partial charge in [-0.1, -0.05) is 23.2 Å². The predicted octanol–water partition coefficient (Wildman–Crippen LogP) is 2.75. The first-order chi connectivity index (χ1) is 8.08. The molecule has 0 spiro atoms. The Morgan fingerprint density at radius 1 is 1.47 bits per heavy atom. The van der Waals surface area contributed by atoms with Gasteiger partial charge >= 0.3 is 5.97 Å². The summed E-state index contributed by atoms with van der Waals surface area (Å²) in [6.45, 7) is 3.04. The zero-order chi connectivity index (χ0) is 12.4. The highest BCUT2D eigenvalue weighted by Crippen LogP contribution is 2.37. The molecule has 0 unspecified atom stereocenters. The lowest BCUT2D eigenvalue weighted by molar-refractivity contribution is -0.140. The highest BCUT2D eigenvalue weighted by Gasteiger charge is 2.20. The maximum Gasteiger partial charge on any atom is 0.302 e. The van der Waals surface area contributed by atoms with Crippen LogP contribution < -0.4 is 10.2 Å². The van der Waals surface area contributed by atoms with E-state index in [9.17, 15) is 4.79 Å². The number of anilines is 2. The molecule has 1 aromatic rings. The van der Waals surface area contributed by atoms with Gasteiger partial charge < -0.3 is 15.0 Å². The van der Waals surface area contributed by atoms with Crippen molar-refractivity contribution in [1.29, 1.82) is 0 Å². The highest BCUT2D eigenvalue weighted by atomic mass is 35.5. The van der Waals surface area contributed by atoms with Crippen molar-refractivity contribution in [3.05, 3.63) is 22.2 Å². The van der Waals surface area contributed by atoms with Crippen LogP contribution in [-0.2, 0) is 9.53 Å². The number of hydrogen-bond acceptors (Lipinski definition) is 4. The lowest BCUT2D eigenvalue weighted by Crippen LogP contribution is -2.27. The van der Waals surface area contributed by atoms with Crippen molar-refractivity contribution in [2.24, 2.45) is 0 Å². The summed E-state index contributed by atoms with van der Waals surface area (Å²) >= 11 is 11.9. The summed E-state index contributed by atoms with van der Waals surface area (Å²) in [5, 5.41) is 4.25. The Morgan fingerprint density at radius 2 is 2.18 bits per heavy atom. The Hall–Kier alpha value is -1.13. The zero-order valence-corrected chi connectivity index (χ0v) is 10.8. The van der Waals surface area contributed by atoms with Gasteiger partial charge in [-0.05, 0) is 12.1 Å². The Kier molecular flexibility index (Phi) is 3.64. The van der Waals surface area contributed by atoms with Crippen molar-refractivity contribution in [3.63, 3.8) is 0 Å². The standard InChI is InChI=1S/C11H12Cl2N2O2/c1-7(16)17-3-2-15-6-14-10-4-8(12)9(13)5-11(10)15/h4-5,14H,2-3,6H2,1H3. The van der Waals surface area contributed by atoms with E-state index in [-0.39, 0.29) is 5.97 Å². The number of ether oxygens (including phenoxy) is 1. The van der Waals surface area contributed by atoms with Gasteiger partial charge in [0.25, 0.3) is 0 Å². The number of halogens is 2. The molecule has 6 heteroatoms. The Morgan fingerprint density at radius 3 is 2.88 bits per heavy atom. The molecule has 0 saturated carbocycles. The molecule has 1 aliphatic rings. The van der Waals surface area contributed by atoms with Gasteiger partial charge in [-0.2, -0.15) is 0 Å². The van der Waals surface area contributed by atoms with Gasteiger partial charge in [0.2, 0.25) is 0 Å². The van der Waals surface area contributed by atoms with Gasteiger partial charge in [0.15, 0.2) is 0 Å². The molecule has 4 nitrogen and oxygen atoms in total. The van der Waals surface area contributed by atoms with Gasteiger partial charge in [0.05, 0.1) is 34.6 Å². The Balaban J connectivity index is 2.06. The molecule has 0 aromatic heterocycles. The fraction of sp³-hybridized carbons (Fsp3) is 0.364. The first-order valence-corrected chi connectivity index (χ1v) is 5.95. The first-order valence-electron chi connectivity index (χ1n) is 5.19. The lowest BCUT2D eigenvalue weighted by atomic mass is 10.2. The third-order valence-corrected chi connectivity index (χ3v) is 3.23. The van der Waals surface area contributed by atoms with Crippen molar-refractivity contribution >= 4 is 40.5 Å².